The average Bonchev–Trinajstić information content (AvgIpc) is 3.36. The van der Waals surface area contributed by atoms with Gasteiger partial charge in [0.1, 0.15) is 5.75 Å². The fraction of sp³-hybridized carbons (Fsp3) is 0.702. The highest BCUT2D eigenvalue weighted by Crippen LogP contribution is 2.59. The van der Waals surface area contributed by atoms with E-state index < -0.39 is 25.0 Å². The van der Waals surface area contributed by atoms with Gasteiger partial charge in [0.25, 0.3) is 0 Å². The highest BCUT2D eigenvalue weighted by molar-refractivity contribution is 6.75. The summed E-state index contributed by atoms with van der Waals surface area (Å²) in [5, 5.41) is 0.497. The molecule has 0 heterocycles. The Morgan fingerprint density at radius 3 is 2.04 bits per heavy atom. The summed E-state index contributed by atoms with van der Waals surface area (Å²) >= 11 is 0. The SMILES string of the molecule is C=C1C(=CC=C2CCC[C@]3(C)[C@@H]([C@@H](C)C=Cc4cccc(O[Si](C)(C)C(C)(C)C)c4)CC[C@@H]23)C[C@@H](O[Si](C)(C)C(C)(C)C)C[C@@H]1O[Si](C)(C)C(C)(C)C. The van der Waals surface area contributed by atoms with Gasteiger partial charge in [0.15, 0.2) is 16.6 Å². The third-order valence-corrected chi connectivity index (χ3v) is 28.4. The van der Waals surface area contributed by atoms with E-state index in [2.05, 4.69) is 164 Å². The molecule has 0 amide bonds. The van der Waals surface area contributed by atoms with Crippen molar-refractivity contribution in [1.29, 1.82) is 0 Å². The van der Waals surface area contributed by atoms with E-state index in [1.54, 1.807) is 5.57 Å². The molecule has 4 rings (SSSR count). The first-order valence-corrected chi connectivity index (χ1v) is 29.7. The molecule has 3 saturated carbocycles. The first-order chi connectivity index (χ1) is 24.1. The number of benzene rings is 1. The van der Waals surface area contributed by atoms with Crippen LogP contribution in [0.2, 0.25) is 54.4 Å². The number of hydrogen-bond acceptors (Lipinski definition) is 3. The predicted molar refractivity (Wildman–Crippen MR) is 239 cm³/mol. The summed E-state index contributed by atoms with van der Waals surface area (Å²) in [4.78, 5) is 0. The summed E-state index contributed by atoms with van der Waals surface area (Å²) in [6, 6.07) is 8.73. The molecule has 0 N–H and O–H groups in total. The molecule has 298 valence electrons. The zero-order chi connectivity index (χ0) is 40.0. The van der Waals surface area contributed by atoms with Crippen molar-refractivity contribution in [1.82, 2.24) is 0 Å². The lowest BCUT2D eigenvalue weighted by Gasteiger charge is -2.45. The van der Waals surface area contributed by atoms with Crippen LogP contribution in [-0.4, -0.2) is 37.2 Å². The van der Waals surface area contributed by atoms with Gasteiger partial charge < -0.3 is 13.3 Å². The van der Waals surface area contributed by atoms with E-state index in [0.717, 1.165) is 18.6 Å². The maximum atomic E-state index is 7.13. The molecule has 3 nitrogen and oxygen atoms in total. The Bertz CT molecular complexity index is 1540. The summed E-state index contributed by atoms with van der Waals surface area (Å²) in [5.74, 6) is 2.85. The minimum absolute atomic E-state index is 0.0171. The van der Waals surface area contributed by atoms with Gasteiger partial charge >= 0.3 is 0 Å². The Hall–Kier alpha value is -1.45. The van der Waals surface area contributed by atoms with E-state index in [1.165, 1.54) is 48.8 Å². The van der Waals surface area contributed by atoms with Gasteiger partial charge in [-0.2, -0.15) is 0 Å². The third kappa shape index (κ3) is 10.1. The van der Waals surface area contributed by atoms with Crippen LogP contribution < -0.4 is 4.43 Å². The monoisotopic (exact) mass is 777 g/mol. The first-order valence-electron chi connectivity index (χ1n) is 21.0. The molecule has 0 unspecified atom stereocenters. The topological polar surface area (TPSA) is 27.7 Å². The highest BCUT2D eigenvalue weighted by atomic mass is 28.4. The molecule has 3 aliphatic rings. The molecular formula is C47H80O3Si3. The van der Waals surface area contributed by atoms with Gasteiger partial charge in [0, 0.05) is 6.42 Å². The lowest BCUT2D eigenvalue weighted by molar-refractivity contribution is 0.0969. The van der Waals surface area contributed by atoms with E-state index in [4.69, 9.17) is 19.9 Å². The van der Waals surface area contributed by atoms with Gasteiger partial charge in [-0.25, -0.2) is 0 Å². The second-order valence-electron chi connectivity index (χ2n) is 22.0. The maximum Gasteiger partial charge on any atom is 0.250 e. The highest BCUT2D eigenvalue weighted by Gasteiger charge is 2.50. The standard InChI is InChI=1S/C47H80O3Si3/c1-34(24-25-36-21-19-23-39(31-36)48-51(13,14)44(3,4)5)41-28-29-42-37(22-20-30-47(41,42)12)26-27-38-32-40(49-52(15,16)45(6,7)8)33-43(35(38)2)50-53(17,18)46(9,10)11/h19,21,23-27,31,34,40-43H,2,20,22,28-30,32-33H2,1,3-18H3/t34-,40+,41+,42-,43-,47+/m0/s1. The van der Waals surface area contributed by atoms with Crippen molar-refractivity contribution in [2.75, 3.05) is 0 Å². The first kappa shape index (κ1) is 44.3. The van der Waals surface area contributed by atoms with Gasteiger partial charge in [-0.15, -0.1) is 0 Å². The molecule has 3 aliphatic carbocycles. The zero-order valence-electron chi connectivity index (χ0n) is 37.4. The van der Waals surface area contributed by atoms with E-state index >= 15 is 0 Å². The van der Waals surface area contributed by atoms with Crippen LogP contribution in [0.25, 0.3) is 6.08 Å². The maximum absolute atomic E-state index is 7.13. The molecule has 6 atom stereocenters. The van der Waals surface area contributed by atoms with Crippen LogP contribution in [0.4, 0.5) is 0 Å². The van der Waals surface area contributed by atoms with Crippen LogP contribution in [0.15, 0.2) is 65.8 Å². The van der Waals surface area contributed by atoms with Crippen molar-refractivity contribution in [3.05, 3.63) is 71.4 Å². The van der Waals surface area contributed by atoms with Gasteiger partial charge in [-0.1, -0.05) is 125 Å². The van der Waals surface area contributed by atoms with Gasteiger partial charge in [0.05, 0.1) is 12.2 Å². The average molecular weight is 777 g/mol. The second kappa shape index (κ2) is 15.8. The number of hydrogen-bond donors (Lipinski definition) is 0. The fourth-order valence-corrected chi connectivity index (χ4v) is 12.1. The lowest BCUT2D eigenvalue weighted by atomic mass is 9.61. The Labute approximate surface area is 330 Å². The van der Waals surface area contributed by atoms with Crippen molar-refractivity contribution < 1.29 is 13.3 Å². The number of rotatable bonds is 10. The molecule has 53 heavy (non-hydrogen) atoms. The van der Waals surface area contributed by atoms with Crippen molar-refractivity contribution in [2.45, 2.75) is 188 Å². The van der Waals surface area contributed by atoms with E-state index in [-0.39, 0.29) is 27.3 Å². The van der Waals surface area contributed by atoms with Crippen LogP contribution in [0.3, 0.4) is 0 Å². The minimum atomic E-state index is -2.00. The molecule has 0 radical (unpaired) electrons. The van der Waals surface area contributed by atoms with Crippen LogP contribution in [0.5, 0.6) is 5.75 Å². The Morgan fingerprint density at radius 1 is 0.830 bits per heavy atom. The molecule has 0 spiro atoms. The minimum Gasteiger partial charge on any atom is -0.543 e. The quantitative estimate of drug-likeness (QED) is 0.222. The smallest absolute Gasteiger partial charge is 0.250 e. The fourth-order valence-electron chi connectivity index (χ4n) is 8.43. The summed E-state index contributed by atoms with van der Waals surface area (Å²) in [5.41, 5.74) is 5.74. The Morgan fingerprint density at radius 2 is 1.43 bits per heavy atom. The van der Waals surface area contributed by atoms with Crippen LogP contribution in [-0.2, 0) is 8.85 Å². The molecule has 1 aromatic carbocycles. The molecule has 0 saturated heterocycles. The normalized spacial score (nSPS) is 28.9. The molecule has 1 aromatic rings. The van der Waals surface area contributed by atoms with Crippen molar-refractivity contribution in [2.24, 2.45) is 23.2 Å². The second-order valence-corrected chi connectivity index (χ2v) is 36.3. The molecule has 0 aromatic heterocycles. The Balaban J connectivity index is 1.55. The van der Waals surface area contributed by atoms with Crippen LogP contribution >= 0.6 is 0 Å². The summed E-state index contributed by atoms with van der Waals surface area (Å²) in [6.45, 7) is 44.9. The van der Waals surface area contributed by atoms with Crippen molar-refractivity contribution in [3.8, 4) is 5.75 Å². The largest absolute Gasteiger partial charge is 0.543 e. The van der Waals surface area contributed by atoms with Gasteiger partial charge in [-0.05, 0) is 145 Å². The molecule has 0 aliphatic heterocycles. The summed E-state index contributed by atoms with van der Waals surface area (Å²) in [6.07, 6.45) is 18.2. The Kier molecular flexibility index (Phi) is 13.2. The lowest BCUT2D eigenvalue weighted by Crippen LogP contribution is -2.49. The van der Waals surface area contributed by atoms with Crippen molar-refractivity contribution in [3.63, 3.8) is 0 Å². The molecular weight excluding hydrogens is 697 g/mol. The van der Waals surface area contributed by atoms with E-state index in [0.29, 0.717) is 23.2 Å². The van der Waals surface area contributed by atoms with Gasteiger partial charge in [-0.3, -0.25) is 0 Å². The van der Waals surface area contributed by atoms with Crippen LogP contribution in [0.1, 0.15) is 127 Å². The van der Waals surface area contributed by atoms with Gasteiger partial charge in [0.2, 0.25) is 8.32 Å². The predicted octanol–water partition coefficient (Wildman–Crippen LogP) is 14.9. The summed E-state index contributed by atoms with van der Waals surface area (Å²) < 4.78 is 20.9. The number of fused-ring (bicyclic) bond motifs is 1. The zero-order valence-corrected chi connectivity index (χ0v) is 40.4. The molecule has 3 fully saturated rings. The van der Waals surface area contributed by atoms with Crippen LogP contribution in [0, 0.1) is 23.2 Å². The third-order valence-electron chi connectivity index (χ3n) is 15.0. The molecule has 0 bridgehead atoms. The van der Waals surface area contributed by atoms with E-state index in [9.17, 15) is 0 Å². The van der Waals surface area contributed by atoms with E-state index in [1.807, 2.05) is 0 Å². The molecule has 6 heteroatoms. The van der Waals surface area contributed by atoms with Crippen molar-refractivity contribution >= 4 is 31.0 Å². The number of allylic oxidation sites excluding steroid dienone is 4. The summed E-state index contributed by atoms with van der Waals surface area (Å²) in [7, 11) is -5.82.